The summed E-state index contributed by atoms with van der Waals surface area (Å²) in [6.07, 6.45) is 0. The van der Waals surface area contributed by atoms with E-state index in [9.17, 15) is 9.59 Å². The van der Waals surface area contributed by atoms with Crippen LogP contribution in [0.5, 0.6) is 0 Å². The van der Waals surface area contributed by atoms with Crippen molar-refractivity contribution in [1.82, 2.24) is 4.90 Å². The van der Waals surface area contributed by atoms with Crippen molar-refractivity contribution in [2.75, 3.05) is 18.4 Å². The van der Waals surface area contributed by atoms with Crippen LogP contribution in [0.2, 0.25) is 0 Å². The van der Waals surface area contributed by atoms with Crippen LogP contribution < -0.4 is 11.1 Å². The number of nitrogens with two attached hydrogens (primary N) is 1. The lowest BCUT2D eigenvalue weighted by atomic mass is 9.92. The van der Waals surface area contributed by atoms with Gasteiger partial charge < -0.3 is 16.0 Å². The highest BCUT2D eigenvalue weighted by atomic mass is 16.2. The molecule has 3 aromatic rings. The zero-order valence-corrected chi connectivity index (χ0v) is 19.8. The Bertz CT molecular complexity index is 1280. The average Bonchev–Trinajstić information content (AvgIpc) is 2.88. The second-order valence-corrected chi connectivity index (χ2v) is 9.06. The summed E-state index contributed by atoms with van der Waals surface area (Å²) in [7, 11) is 0. The first kappa shape index (κ1) is 25.2. The molecule has 176 valence electrons. The minimum absolute atomic E-state index is 0.164. The van der Waals surface area contributed by atoms with Gasteiger partial charge in [0.05, 0.1) is 23.3 Å². The standard InChI is InChI=1S/C28H27N5O2/c1-28(2,18-31)19-33(27(35)24-12-8-21(16-30)9-13-24)17-22-4-3-5-25(14-22)32-26(34)23-10-6-20(15-29)7-11-23/h3-14H,17-19,31H2,1-2H3,(H,32,34). The number of anilines is 1. The number of nitriles is 2. The molecule has 2 amide bonds. The van der Waals surface area contributed by atoms with Crippen LogP contribution in [0.25, 0.3) is 0 Å². The van der Waals surface area contributed by atoms with E-state index in [0.29, 0.717) is 47.6 Å². The van der Waals surface area contributed by atoms with Gasteiger partial charge in [-0.2, -0.15) is 10.5 Å². The van der Waals surface area contributed by atoms with Gasteiger partial charge in [-0.05, 0) is 78.2 Å². The number of benzene rings is 3. The lowest BCUT2D eigenvalue weighted by Gasteiger charge is -2.32. The molecule has 0 aromatic heterocycles. The quantitative estimate of drug-likeness (QED) is 0.513. The number of rotatable bonds is 8. The van der Waals surface area contributed by atoms with Gasteiger partial charge >= 0.3 is 0 Å². The number of nitrogens with zero attached hydrogens (tertiary/aromatic N) is 3. The van der Waals surface area contributed by atoms with E-state index >= 15 is 0 Å². The van der Waals surface area contributed by atoms with E-state index < -0.39 is 0 Å². The van der Waals surface area contributed by atoms with Crippen LogP contribution in [0.4, 0.5) is 5.69 Å². The third-order valence-corrected chi connectivity index (χ3v) is 5.55. The van der Waals surface area contributed by atoms with E-state index in [-0.39, 0.29) is 17.2 Å². The highest BCUT2D eigenvalue weighted by Gasteiger charge is 2.25. The molecule has 0 fully saturated rings. The molecule has 0 spiro atoms. The lowest BCUT2D eigenvalue weighted by Crippen LogP contribution is -2.41. The number of hydrogen-bond acceptors (Lipinski definition) is 5. The molecule has 0 saturated carbocycles. The van der Waals surface area contributed by atoms with Crippen molar-refractivity contribution in [3.05, 3.63) is 101 Å². The predicted molar refractivity (Wildman–Crippen MR) is 134 cm³/mol. The molecular weight excluding hydrogens is 438 g/mol. The Morgan fingerprint density at radius 2 is 1.49 bits per heavy atom. The van der Waals surface area contributed by atoms with Crippen molar-refractivity contribution in [1.29, 1.82) is 10.5 Å². The van der Waals surface area contributed by atoms with Crippen LogP contribution in [0.15, 0.2) is 72.8 Å². The summed E-state index contributed by atoms with van der Waals surface area (Å²) in [5, 5.41) is 20.8. The number of nitrogens with one attached hydrogen (secondary N) is 1. The van der Waals surface area contributed by atoms with Gasteiger partial charge in [-0.25, -0.2) is 0 Å². The van der Waals surface area contributed by atoms with Gasteiger partial charge in [0.1, 0.15) is 0 Å². The number of carbonyl (C=O) groups excluding carboxylic acids is 2. The van der Waals surface area contributed by atoms with E-state index in [4.69, 9.17) is 16.3 Å². The molecule has 0 aliphatic heterocycles. The summed E-state index contributed by atoms with van der Waals surface area (Å²) in [6.45, 7) is 5.17. The molecule has 0 unspecified atom stereocenters. The monoisotopic (exact) mass is 465 g/mol. The van der Waals surface area contributed by atoms with Gasteiger partial charge in [0.15, 0.2) is 0 Å². The summed E-state index contributed by atoms with van der Waals surface area (Å²) >= 11 is 0. The van der Waals surface area contributed by atoms with E-state index in [1.54, 1.807) is 59.5 Å². The van der Waals surface area contributed by atoms with Crippen LogP contribution in [0.1, 0.15) is 51.3 Å². The molecule has 35 heavy (non-hydrogen) atoms. The third-order valence-electron chi connectivity index (χ3n) is 5.55. The van der Waals surface area contributed by atoms with Crippen molar-refractivity contribution in [3.63, 3.8) is 0 Å². The summed E-state index contributed by atoms with van der Waals surface area (Å²) in [4.78, 5) is 27.7. The zero-order chi connectivity index (χ0) is 25.4. The van der Waals surface area contributed by atoms with Gasteiger partial charge in [0.2, 0.25) is 0 Å². The Hall–Kier alpha value is -4.46. The molecule has 0 bridgehead atoms. The molecule has 3 N–H and O–H groups in total. The van der Waals surface area contributed by atoms with Crippen LogP contribution in [-0.2, 0) is 6.54 Å². The second-order valence-electron chi connectivity index (χ2n) is 9.06. The molecule has 0 radical (unpaired) electrons. The lowest BCUT2D eigenvalue weighted by molar-refractivity contribution is 0.0673. The van der Waals surface area contributed by atoms with Crippen LogP contribution in [0.3, 0.4) is 0 Å². The zero-order valence-electron chi connectivity index (χ0n) is 19.8. The first-order valence-corrected chi connectivity index (χ1v) is 11.1. The Morgan fingerprint density at radius 3 is 2.03 bits per heavy atom. The minimum atomic E-state index is -0.302. The molecule has 0 saturated heterocycles. The first-order valence-electron chi connectivity index (χ1n) is 11.1. The SMILES string of the molecule is CC(C)(CN)CN(Cc1cccc(NC(=O)c2ccc(C#N)cc2)c1)C(=O)c1ccc(C#N)cc1. The molecule has 0 aliphatic carbocycles. The molecule has 0 aliphatic rings. The van der Waals surface area contributed by atoms with Crippen molar-refractivity contribution in [2.45, 2.75) is 20.4 Å². The average molecular weight is 466 g/mol. The molecule has 3 rings (SSSR count). The van der Waals surface area contributed by atoms with Crippen LogP contribution in [0, 0.1) is 28.1 Å². The first-order chi connectivity index (χ1) is 16.7. The van der Waals surface area contributed by atoms with Gasteiger partial charge in [-0.15, -0.1) is 0 Å². The normalized spacial score (nSPS) is 10.7. The molecule has 3 aromatic carbocycles. The van der Waals surface area contributed by atoms with Gasteiger partial charge in [0, 0.05) is 29.9 Å². The highest BCUT2D eigenvalue weighted by molar-refractivity contribution is 6.04. The van der Waals surface area contributed by atoms with Gasteiger partial charge in [-0.3, -0.25) is 9.59 Å². The largest absolute Gasteiger partial charge is 0.334 e. The van der Waals surface area contributed by atoms with Gasteiger partial charge in [-0.1, -0.05) is 26.0 Å². The second kappa shape index (κ2) is 11.1. The summed E-state index contributed by atoms with van der Waals surface area (Å²) < 4.78 is 0. The fourth-order valence-electron chi connectivity index (χ4n) is 3.52. The summed E-state index contributed by atoms with van der Waals surface area (Å²) in [5.74, 6) is -0.454. The van der Waals surface area contributed by atoms with Crippen molar-refractivity contribution < 1.29 is 9.59 Å². The number of carbonyl (C=O) groups is 2. The van der Waals surface area contributed by atoms with E-state index in [1.807, 2.05) is 38.1 Å². The van der Waals surface area contributed by atoms with E-state index in [0.717, 1.165) is 5.56 Å². The molecule has 7 heteroatoms. The fourth-order valence-corrected chi connectivity index (χ4v) is 3.52. The Kier molecular flexibility index (Phi) is 7.99. The number of hydrogen-bond donors (Lipinski definition) is 2. The smallest absolute Gasteiger partial charge is 0.255 e. The predicted octanol–water partition coefficient (Wildman–Crippen LogP) is 4.31. The van der Waals surface area contributed by atoms with Crippen LogP contribution in [-0.4, -0.2) is 29.8 Å². The summed E-state index contributed by atoms with van der Waals surface area (Å²) in [5.41, 5.74) is 8.98. The van der Waals surface area contributed by atoms with Crippen molar-refractivity contribution in [2.24, 2.45) is 11.1 Å². The Balaban J connectivity index is 1.80. The van der Waals surface area contributed by atoms with Crippen molar-refractivity contribution >= 4 is 17.5 Å². The maximum Gasteiger partial charge on any atom is 0.255 e. The van der Waals surface area contributed by atoms with E-state index in [2.05, 4.69) is 11.4 Å². The Morgan fingerprint density at radius 1 is 0.914 bits per heavy atom. The molecule has 0 heterocycles. The third kappa shape index (κ3) is 6.77. The maximum absolute atomic E-state index is 13.4. The van der Waals surface area contributed by atoms with Crippen molar-refractivity contribution in [3.8, 4) is 12.1 Å². The number of amides is 2. The van der Waals surface area contributed by atoms with Crippen LogP contribution >= 0.6 is 0 Å². The summed E-state index contributed by atoms with van der Waals surface area (Å²) in [6, 6.07) is 24.4. The maximum atomic E-state index is 13.4. The topological polar surface area (TPSA) is 123 Å². The highest BCUT2D eigenvalue weighted by Crippen LogP contribution is 2.21. The fraction of sp³-hybridized carbons (Fsp3) is 0.214. The molecule has 7 nitrogen and oxygen atoms in total. The van der Waals surface area contributed by atoms with E-state index in [1.165, 1.54) is 0 Å². The molecule has 0 atom stereocenters. The minimum Gasteiger partial charge on any atom is -0.334 e. The molecular formula is C28H27N5O2. The Labute approximate surface area is 205 Å². The van der Waals surface area contributed by atoms with Gasteiger partial charge in [0.25, 0.3) is 11.8 Å².